The Morgan fingerprint density at radius 1 is 1.35 bits per heavy atom. The quantitative estimate of drug-likeness (QED) is 0.354. The fraction of sp³-hybridized carbons (Fsp3) is 0.222. The van der Waals surface area contributed by atoms with Crippen LogP contribution < -0.4 is 9.75 Å². The lowest BCUT2D eigenvalue weighted by atomic mass is 10.0. The molecule has 0 aliphatic carbocycles. The number of carbonyl (C=O) groups excluding carboxylic acids is 1. The summed E-state index contributed by atoms with van der Waals surface area (Å²) >= 11 is 6.04. The second kappa shape index (κ2) is 6.42. The van der Waals surface area contributed by atoms with Gasteiger partial charge >= 0.3 is 5.97 Å². The lowest BCUT2D eigenvalue weighted by molar-refractivity contribution is -0.449. The van der Waals surface area contributed by atoms with Gasteiger partial charge in [-0.2, -0.15) is 5.10 Å². The van der Waals surface area contributed by atoms with Crippen LogP contribution in [0.2, 0.25) is 5.02 Å². The Bertz CT molecular complexity index is 944. The Labute approximate surface area is 154 Å². The van der Waals surface area contributed by atoms with Crippen molar-refractivity contribution in [2.75, 3.05) is 5.01 Å². The van der Waals surface area contributed by atoms with Gasteiger partial charge in [-0.3, -0.25) is 4.79 Å². The highest BCUT2D eigenvalue weighted by atomic mass is 35.5. The molecular weight excluding hydrogens is 356 g/mol. The third-order valence-corrected chi connectivity index (χ3v) is 4.58. The zero-order valence-electron chi connectivity index (χ0n) is 13.9. The van der Waals surface area contributed by atoms with Crippen LogP contribution in [0.1, 0.15) is 12.0 Å². The third kappa shape index (κ3) is 2.90. The number of esters is 1. The molecule has 0 fully saturated rings. The van der Waals surface area contributed by atoms with E-state index in [9.17, 15) is 10.0 Å². The standard InChI is InChI=1S/C18H15ClN4O3/c1-11-4-2-3-5-16(11)26-17(24)8-12-10-20-22-15-9-13(19)6-7-14(15)23(25)21-18(12)22/h2-7,9-10,12,18H,8H2,1H3. The Kier molecular flexibility index (Phi) is 4.08. The molecule has 2 aliphatic rings. The molecule has 2 aliphatic heterocycles. The summed E-state index contributed by atoms with van der Waals surface area (Å²) in [5.74, 6) is -0.246. The van der Waals surface area contributed by atoms with Crippen LogP contribution in [0.25, 0.3) is 0 Å². The molecule has 0 spiro atoms. The van der Waals surface area contributed by atoms with Crippen molar-refractivity contribution in [3.63, 3.8) is 0 Å². The first-order chi connectivity index (χ1) is 12.5. The monoisotopic (exact) mass is 370 g/mol. The molecule has 2 aromatic rings. The van der Waals surface area contributed by atoms with Gasteiger partial charge in [0.05, 0.1) is 12.3 Å². The van der Waals surface area contributed by atoms with Crippen molar-refractivity contribution in [3.05, 3.63) is 58.3 Å². The molecule has 0 N–H and O–H groups in total. The largest absolute Gasteiger partial charge is 0.594 e. The number of hydrogen-bond acceptors (Lipinski definition) is 6. The number of halogens is 1. The van der Waals surface area contributed by atoms with E-state index >= 15 is 0 Å². The Balaban J connectivity index is 1.52. The molecule has 4 rings (SSSR count). The molecule has 0 aromatic heterocycles. The number of hydrazone groups is 1. The van der Waals surface area contributed by atoms with Crippen molar-refractivity contribution in [1.82, 2.24) is 0 Å². The summed E-state index contributed by atoms with van der Waals surface area (Å²) in [7, 11) is 0. The molecule has 2 aromatic carbocycles. The molecule has 2 atom stereocenters. The normalized spacial score (nSPS) is 20.4. The minimum atomic E-state index is -0.595. The van der Waals surface area contributed by atoms with Crippen molar-refractivity contribution in [3.8, 4) is 5.75 Å². The summed E-state index contributed by atoms with van der Waals surface area (Å²) in [5.41, 5.74) is 1.81. The Morgan fingerprint density at radius 3 is 2.96 bits per heavy atom. The van der Waals surface area contributed by atoms with Crippen LogP contribution >= 0.6 is 11.6 Å². The van der Waals surface area contributed by atoms with E-state index in [1.807, 2.05) is 19.1 Å². The molecule has 0 saturated heterocycles. The number of hydrogen-bond donors (Lipinski definition) is 0. The molecular formula is C18H15ClN4O3. The summed E-state index contributed by atoms with van der Waals surface area (Å²) in [6, 6.07) is 12.2. The summed E-state index contributed by atoms with van der Waals surface area (Å²) < 4.78 is 5.43. The predicted octanol–water partition coefficient (Wildman–Crippen LogP) is 4.00. The van der Waals surface area contributed by atoms with Gasteiger partial charge in [-0.25, -0.2) is 5.01 Å². The number of azo groups is 1. The number of fused-ring (bicyclic) bond motifs is 3. The lowest BCUT2D eigenvalue weighted by Gasteiger charge is -2.26. The molecule has 0 amide bonds. The van der Waals surface area contributed by atoms with Gasteiger partial charge in [0.15, 0.2) is 0 Å². The van der Waals surface area contributed by atoms with E-state index < -0.39 is 12.1 Å². The SMILES string of the molecule is Cc1ccccc1OC(=O)CC1C=NN2c3cc(Cl)ccc3[N+]([O-])=NC12. The highest BCUT2D eigenvalue weighted by Gasteiger charge is 2.42. The molecule has 0 radical (unpaired) electrons. The van der Waals surface area contributed by atoms with Crippen molar-refractivity contribution in [2.45, 2.75) is 19.5 Å². The smallest absolute Gasteiger partial charge is 0.312 e. The third-order valence-electron chi connectivity index (χ3n) is 4.35. The predicted molar refractivity (Wildman–Crippen MR) is 96.8 cm³/mol. The van der Waals surface area contributed by atoms with Gasteiger partial charge < -0.3 is 9.94 Å². The number of ether oxygens (including phenoxy) is 1. The second-order valence-corrected chi connectivity index (χ2v) is 6.59. The van der Waals surface area contributed by atoms with Crippen molar-refractivity contribution in [2.24, 2.45) is 16.1 Å². The summed E-state index contributed by atoms with van der Waals surface area (Å²) in [4.78, 5) is 12.9. The molecule has 0 saturated carbocycles. The van der Waals surface area contributed by atoms with E-state index in [1.54, 1.807) is 41.6 Å². The minimum absolute atomic E-state index is 0.0617. The van der Waals surface area contributed by atoms with Crippen molar-refractivity contribution >= 4 is 35.2 Å². The molecule has 2 unspecified atom stereocenters. The van der Waals surface area contributed by atoms with Gasteiger partial charge in [-0.1, -0.05) is 34.7 Å². The highest BCUT2D eigenvalue weighted by molar-refractivity contribution is 6.31. The van der Waals surface area contributed by atoms with Crippen molar-refractivity contribution < 1.29 is 14.4 Å². The maximum Gasteiger partial charge on any atom is 0.312 e. The molecule has 7 nitrogen and oxygen atoms in total. The molecule has 8 heteroatoms. The molecule has 2 heterocycles. The van der Waals surface area contributed by atoms with E-state index in [4.69, 9.17) is 16.3 Å². The van der Waals surface area contributed by atoms with Gasteiger partial charge in [0, 0.05) is 22.4 Å². The zero-order chi connectivity index (χ0) is 18.3. The van der Waals surface area contributed by atoms with Crippen molar-refractivity contribution in [1.29, 1.82) is 0 Å². The maximum atomic E-state index is 12.3. The van der Waals surface area contributed by atoms with Gasteiger partial charge in [0.25, 0.3) is 5.69 Å². The van der Waals surface area contributed by atoms with Crippen LogP contribution in [-0.2, 0) is 4.79 Å². The molecule has 26 heavy (non-hydrogen) atoms. The number of rotatable bonds is 3. The first-order valence-corrected chi connectivity index (χ1v) is 8.48. The van der Waals surface area contributed by atoms with Crippen LogP contribution in [-0.4, -0.2) is 23.2 Å². The van der Waals surface area contributed by atoms with Gasteiger partial charge in [-0.05, 0) is 30.7 Å². The first-order valence-electron chi connectivity index (χ1n) is 8.10. The summed E-state index contributed by atoms with van der Waals surface area (Å²) in [6.45, 7) is 1.87. The fourth-order valence-electron chi connectivity index (χ4n) is 3.02. The number of carbonyl (C=O) groups is 1. The van der Waals surface area contributed by atoms with Gasteiger partial charge in [0.1, 0.15) is 11.4 Å². The van der Waals surface area contributed by atoms with Gasteiger partial charge in [0.2, 0.25) is 6.17 Å². The van der Waals surface area contributed by atoms with E-state index in [0.717, 1.165) is 5.56 Å². The van der Waals surface area contributed by atoms with E-state index in [-0.39, 0.29) is 12.3 Å². The van der Waals surface area contributed by atoms with E-state index in [0.29, 0.717) is 27.0 Å². The topological polar surface area (TPSA) is 80.3 Å². The lowest BCUT2D eigenvalue weighted by Crippen LogP contribution is -2.36. The Hall–Kier alpha value is -2.93. The number of anilines is 1. The fourth-order valence-corrected chi connectivity index (χ4v) is 3.19. The average molecular weight is 371 g/mol. The molecule has 0 bridgehead atoms. The van der Waals surface area contributed by atoms with Crippen LogP contribution in [0.4, 0.5) is 11.4 Å². The number of benzene rings is 2. The van der Waals surface area contributed by atoms with Gasteiger partial charge in [-0.15, -0.1) is 0 Å². The zero-order valence-corrected chi connectivity index (χ0v) is 14.6. The van der Waals surface area contributed by atoms with E-state index in [1.165, 1.54) is 0 Å². The Morgan fingerprint density at radius 2 is 2.15 bits per heavy atom. The van der Waals surface area contributed by atoms with E-state index in [2.05, 4.69) is 10.2 Å². The minimum Gasteiger partial charge on any atom is -0.594 e. The van der Waals surface area contributed by atoms with Crippen LogP contribution in [0.15, 0.2) is 52.7 Å². The van der Waals surface area contributed by atoms with Crippen LogP contribution in [0, 0.1) is 18.0 Å². The van der Waals surface area contributed by atoms with Crippen LogP contribution in [0.5, 0.6) is 5.75 Å². The first kappa shape index (κ1) is 16.5. The number of aryl methyl sites for hydroxylation is 1. The maximum absolute atomic E-state index is 12.3. The number of nitrogens with zero attached hydrogens (tertiary/aromatic N) is 4. The highest BCUT2D eigenvalue weighted by Crippen LogP contribution is 2.40. The summed E-state index contributed by atoms with van der Waals surface area (Å²) in [6.07, 6.45) is 1.09. The molecule has 132 valence electrons. The number of para-hydroxylation sites is 1. The second-order valence-electron chi connectivity index (χ2n) is 6.15. The summed E-state index contributed by atoms with van der Waals surface area (Å²) in [5, 5.41) is 22.7. The van der Waals surface area contributed by atoms with Crippen LogP contribution in [0.3, 0.4) is 0 Å². The average Bonchev–Trinajstić information content (AvgIpc) is 2.99.